The molecule has 2 aromatic rings. The zero-order valence-corrected chi connectivity index (χ0v) is 16.8. The predicted molar refractivity (Wildman–Crippen MR) is 106 cm³/mol. The van der Waals surface area contributed by atoms with Crippen molar-refractivity contribution in [3.8, 4) is 11.5 Å². The molecule has 0 unspecified atom stereocenters. The molecule has 1 aliphatic heterocycles. The third kappa shape index (κ3) is 4.19. The first-order valence-electron chi connectivity index (χ1n) is 9.19. The first-order valence-corrected chi connectivity index (χ1v) is 9.57. The van der Waals surface area contributed by atoms with Crippen LogP contribution < -0.4 is 9.47 Å². The SMILES string of the molecule is CCCOc1c(Cl)cc(C(=O)OCN2C(=O)c3ccccc3C2=O)cc1OCC. The van der Waals surface area contributed by atoms with Gasteiger partial charge in [-0.2, -0.15) is 0 Å². The van der Waals surface area contributed by atoms with Gasteiger partial charge in [0.15, 0.2) is 18.2 Å². The number of carbonyl (C=O) groups excluding carboxylic acids is 3. The van der Waals surface area contributed by atoms with E-state index in [9.17, 15) is 14.4 Å². The molecule has 152 valence electrons. The highest BCUT2D eigenvalue weighted by Gasteiger charge is 2.35. The van der Waals surface area contributed by atoms with Crippen molar-refractivity contribution < 1.29 is 28.6 Å². The zero-order chi connectivity index (χ0) is 21.0. The van der Waals surface area contributed by atoms with E-state index >= 15 is 0 Å². The molecule has 1 heterocycles. The van der Waals surface area contributed by atoms with Crippen LogP contribution >= 0.6 is 11.6 Å². The Kier molecular flexibility index (Phi) is 6.39. The Labute approximate surface area is 173 Å². The lowest BCUT2D eigenvalue weighted by molar-refractivity contribution is 0.0227. The van der Waals surface area contributed by atoms with Gasteiger partial charge in [-0.25, -0.2) is 9.69 Å². The predicted octanol–water partition coefficient (Wildman–Crippen LogP) is 3.94. The fraction of sp³-hybridized carbons (Fsp3) is 0.286. The van der Waals surface area contributed by atoms with Gasteiger partial charge < -0.3 is 14.2 Å². The van der Waals surface area contributed by atoms with Crippen molar-refractivity contribution >= 4 is 29.4 Å². The summed E-state index contributed by atoms with van der Waals surface area (Å²) in [6, 6.07) is 9.31. The van der Waals surface area contributed by atoms with Gasteiger partial charge in [-0.05, 0) is 37.6 Å². The molecule has 0 atom stereocenters. The van der Waals surface area contributed by atoms with E-state index in [4.69, 9.17) is 25.8 Å². The molecule has 0 bridgehead atoms. The smallest absolute Gasteiger partial charge is 0.340 e. The summed E-state index contributed by atoms with van der Waals surface area (Å²) < 4.78 is 16.3. The fourth-order valence-corrected chi connectivity index (χ4v) is 3.12. The average molecular weight is 418 g/mol. The summed E-state index contributed by atoms with van der Waals surface area (Å²) in [4.78, 5) is 38.1. The number of fused-ring (bicyclic) bond motifs is 1. The average Bonchev–Trinajstić information content (AvgIpc) is 2.96. The maximum atomic E-state index is 12.5. The lowest BCUT2D eigenvalue weighted by Gasteiger charge is -2.16. The van der Waals surface area contributed by atoms with Crippen LogP contribution in [0.25, 0.3) is 0 Å². The molecule has 0 saturated carbocycles. The van der Waals surface area contributed by atoms with Gasteiger partial charge >= 0.3 is 5.97 Å². The number of hydrogen-bond donors (Lipinski definition) is 0. The van der Waals surface area contributed by atoms with E-state index in [2.05, 4.69) is 0 Å². The van der Waals surface area contributed by atoms with Crippen LogP contribution in [0.1, 0.15) is 51.3 Å². The summed E-state index contributed by atoms with van der Waals surface area (Å²) in [5.41, 5.74) is 0.694. The Morgan fingerprint density at radius 2 is 1.69 bits per heavy atom. The van der Waals surface area contributed by atoms with Crippen molar-refractivity contribution in [3.63, 3.8) is 0 Å². The highest BCUT2D eigenvalue weighted by atomic mass is 35.5. The maximum Gasteiger partial charge on any atom is 0.340 e. The van der Waals surface area contributed by atoms with Crippen LogP contribution in [0.4, 0.5) is 0 Å². The molecule has 3 rings (SSSR count). The maximum absolute atomic E-state index is 12.5. The minimum atomic E-state index is -0.744. The van der Waals surface area contributed by atoms with Crippen LogP contribution in [0, 0.1) is 0 Å². The van der Waals surface area contributed by atoms with Crippen LogP contribution in [0.3, 0.4) is 0 Å². The lowest BCUT2D eigenvalue weighted by atomic mass is 10.1. The zero-order valence-electron chi connectivity index (χ0n) is 16.1. The van der Waals surface area contributed by atoms with Crippen LogP contribution in [-0.2, 0) is 4.74 Å². The first kappa shape index (κ1) is 20.7. The van der Waals surface area contributed by atoms with Gasteiger partial charge in [0, 0.05) is 0 Å². The van der Waals surface area contributed by atoms with E-state index in [0.29, 0.717) is 24.7 Å². The Balaban J connectivity index is 1.74. The molecular weight excluding hydrogens is 398 g/mol. The highest BCUT2D eigenvalue weighted by Crippen LogP contribution is 2.37. The second-order valence-electron chi connectivity index (χ2n) is 6.21. The van der Waals surface area contributed by atoms with E-state index in [1.807, 2.05) is 6.92 Å². The van der Waals surface area contributed by atoms with Crippen molar-refractivity contribution in [3.05, 3.63) is 58.1 Å². The van der Waals surface area contributed by atoms with Gasteiger partial charge in [0.25, 0.3) is 11.8 Å². The summed E-state index contributed by atoms with van der Waals surface area (Å²) in [7, 11) is 0. The number of amides is 2. The number of ether oxygens (including phenoxy) is 3. The van der Waals surface area contributed by atoms with Gasteiger partial charge in [-0.1, -0.05) is 30.7 Å². The van der Waals surface area contributed by atoms with E-state index in [0.717, 1.165) is 11.3 Å². The van der Waals surface area contributed by atoms with Crippen molar-refractivity contribution in [1.29, 1.82) is 0 Å². The molecule has 29 heavy (non-hydrogen) atoms. The molecule has 0 saturated heterocycles. The minimum Gasteiger partial charge on any atom is -0.490 e. The van der Waals surface area contributed by atoms with Crippen molar-refractivity contribution in [1.82, 2.24) is 4.90 Å². The Hall–Kier alpha value is -3.06. The minimum absolute atomic E-state index is 0.124. The molecule has 7 nitrogen and oxygen atoms in total. The monoisotopic (exact) mass is 417 g/mol. The molecule has 0 radical (unpaired) electrons. The molecule has 0 N–H and O–H groups in total. The number of imide groups is 1. The number of halogens is 1. The van der Waals surface area contributed by atoms with Crippen molar-refractivity contribution in [2.24, 2.45) is 0 Å². The number of hydrogen-bond acceptors (Lipinski definition) is 6. The van der Waals surface area contributed by atoms with Gasteiger partial charge in [0.05, 0.1) is 34.9 Å². The van der Waals surface area contributed by atoms with Gasteiger partial charge in [-0.3, -0.25) is 9.59 Å². The third-order valence-corrected chi connectivity index (χ3v) is 4.48. The summed E-state index contributed by atoms with van der Waals surface area (Å²) >= 11 is 6.25. The molecule has 8 heteroatoms. The third-order valence-electron chi connectivity index (χ3n) is 4.20. The van der Waals surface area contributed by atoms with E-state index in [-0.39, 0.29) is 21.7 Å². The number of benzene rings is 2. The Bertz CT molecular complexity index is 923. The van der Waals surface area contributed by atoms with Crippen molar-refractivity contribution in [2.45, 2.75) is 20.3 Å². The number of nitrogens with zero attached hydrogens (tertiary/aromatic N) is 1. The largest absolute Gasteiger partial charge is 0.490 e. The summed E-state index contributed by atoms with van der Waals surface area (Å²) in [5.74, 6) is -1.08. The summed E-state index contributed by atoms with van der Waals surface area (Å²) in [6.45, 7) is 4.06. The van der Waals surface area contributed by atoms with Gasteiger partial charge in [-0.15, -0.1) is 0 Å². The van der Waals surface area contributed by atoms with E-state index in [1.165, 1.54) is 12.1 Å². The van der Waals surface area contributed by atoms with E-state index in [1.54, 1.807) is 31.2 Å². The lowest BCUT2D eigenvalue weighted by Crippen LogP contribution is -2.33. The van der Waals surface area contributed by atoms with Crippen LogP contribution in [0.5, 0.6) is 11.5 Å². The van der Waals surface area contributed by atoms with Gasteiger partial charge in [0.2, 0.25) is 0 Å². The summed E-state index contributed by atoms with van der Waals surface area (Å²) in [5, 5.41) is 0.206. The molecular formula is C21H20ClNO6. The second-order valence-corrected chi connectivity index (χ2v) is 6.62. The van der Waals surface area contributed by atoms with Crippen molar-refractivity contribution in [2.75, 3.05) is 19.9 Å². The van der Waals surface area contributed by atoms with Crippen LogP contribution in [0.15, 0.2) is 36.4 Å². The number of carbonyl (C=O) groups is 3. The van der Waals surface area contributed by atoms with Gasteiger partial charge in [0.1, 0.15) is 0 Å². The van der Waals surface area contributed by atoms with Crippen LogP contribution in [0.2, 0.25) is 5.02 Å². The topological polar surface area (TPSA) is 82.1 Å². The summed E-state index contributed by atoms with van der Waals surface area (Å²) in [6.07, 6.45) is 0.784. The van der Waals surface area contributed by atoms with Crippen LogP contribution in [-0.4, -0.2) is 42.6 Å². The Morgan fingerprint density at radius 1 is 1.03 bits per heavy atom. The fourth-order valence-electron chi connectivity index (χ4n) is 2.86. The normalized spacial score (nSPS) is 12.7. The van der Waals surface area contributed by atoms with E-state index < -0.39 is 24.5 Å². The quantitative estimate of drug-likeness (QED) is 0.478. The molecule has 0 spiro atoms. The highest BCUT2D eigenvalue weighted by molar-refractivity contribution is 6.32. The molecule has 0 fully saturated rings. The Morgan fingerprint density at radius 3 is 2.28 bits per heavy atom. The molecule has 0 aromatic heterocycles. The first-order chi connectivity index (χ1) is 14.0. The standard InChI is InChI=1S/C21H20ClNO6/c1-3-9-28-18-16(22)10-13(11-17(18)27-4-2)21(26)29-12-23-19(24)14-7-5-6-8-15(14)20(23)25/h5-8,10-11H,3-4,9,12H2,1-2H3. The molecule has 2 amide bonds. The molecule has 1 aliphatic rings. The molecule has 0 aliphatic carbocycles. The number of rotatable bonds is 8. The molecule has 2 aromatic carbocycles. The number of esters is 1. The second kappa shape index (κ2) is 8.96.